The van der Waals surface area contributed by atoms with E-state index in [1.54, 1.807) is 30.3 Å². The van der Waals surface area contributed by atoms with Gasteiger partial charge in [-0.05, 0) is 25.1 Å². The first kappa shape index (κ1) is 21.4. The van der Waals surface area contributed by atoms with Gasteiger partial charge in [0.15, 0.2) is 11.5 Å². The number of hydrogen-bond acceptors (Lipinski definition) is 6. The predicted octanol–water partition coefficient (Wildman–Crippen LogP) is 4.07. The van der Waals surface area contributed by atoms with E-state index in [1.807, 2.05) is 6.92 Å². The molecule has 4 rings (SSSR count). The largest absolute Gasteiger partial charge is 0.269 e. The summed E-state index contributed by atoms with van der Waals surface area (Å²) in [6.45, 7) is 5.57. The summed E-state index contributed by atoms with van der Waals surface area (Å²) >= 11 is 6.14. The number of aromatic nitrogens is 4. The molecule has 3 aromatic heterocycles. The Morgan fingerprint density at radius 2 is 1.87 bits per heavy atom. The van der Waals surface area contributed by atoms with Gasteiger partial charge >= 0.3 is 0 Å². The van der Waals surface area contributed by atoms with Gasteiger partial charge in [-0.3, -0.25) is 4.21 Å². The molecule has 0 saturated carbocycles. The van der Waals surface area contributed by atoms with Gasteiger partial charge in [0.25, 0.3) is 10.0 Å². The Morgan fingerprint density at radius 3 is 2.52 bits per heavy atom. The van der Waals surface area contributed by atoms with Gasteiger partial charge < -0.3 is 0 Å². The van der Waals surface area contributed by atoms with Crippen molar-refractivity contribution in [2.24, 2.45) is 0 Å². The van der Waals surface area contributed by atoms with Gasteiger partial charge in [-0.1, -0.05) is 42.0 Å². The minimum absolute atomic E-state index is 0.122. The van der Waals surface area contributed by atoms with Gasteiger partial charge in [-0.15, -0.1) is 0 Å². The Morgan fingerprint density at radius 1 is 1.16 bits per heavy atom. The number of benzene rings is 1. The third-order valence-electron chi connectivity index (χ3n) is 4.67. The molecule has 158 valence electrons. The fourth-order valence-corrected chi connectivity index (χ4v) is 5.28. The SMILES string of the molecule is C=Cc1cnc(-c2cn(S(=O)(=O)c3ccc(C)cc3)c3ncc(Cl)cc23)nc1S(C)=O. The zero-order valence-corrected chi connectivity index (χ0v) is 19.0. The highest BCUT2D eigenvalue weighted by Crippen LogP contribution is 2.32. The van der Waals surface area contributed by atoms with Gasteiger partial charge in [0.1, 0.15) is 5.03 Å². The van der Waals surface area contributed by atoms with Crippen molar-refractivity contribution in [1.29, 1.82) is 0 Å². The third-order valence-corrected chi connectivity index (χ3v) is 7.41. The summed E-state index contributed by atoms with van der Waals surface area (Å²) in [7, 11) is -5.34. The summed E-state index contributed by atoms with van der Waals surface area (Å²) in [5.41, 5.74) is 2.08. The van der Waals surface area contributed by atoms with Gasteiger partial charge in [-0.25, -0.2) is 27.3 Å². The van der Waals surface area contributed by atoms with E-state index < -0.39 is 20.8 Å². The molecule has 0 spiro atoms. The van der Waals surface area contributed by atoms with Crippen molar-refractivity contribution in [2.75, 3.05) is 6.26 Å². The van der Waals surface area contributed by atoms with E-state index in [1.165, 1.54) is 30.9 Å². The van der Waals surface area contributed by atoms with Crippen molar-refractivity contribution in [3.05, 3.63) is 71.7 Å². The molecular weight excluding hydrogens is 456 g/mol. The molecule has 3 heterocycles. The summed E-state index contributed by atoms with van der Waals surface area (Å²) in [4.78, 5) is 13.1. The number of fused-ring (bicyclic) bond motifs is 1. The zero-order chi connectivity index (χ0) is 22.3. The van der Waals surface area contributed by atoms with Crippen LogP contribution in [-0.4, -0.2) is 37.8 Å². The van der Waals surface area contributed by atoms with Crippen LogP contribution in [0.2, 0.25) is 5.02 Å². The molecule has 4 aromatic rings. The van der Waals surface area contributed by atoms with Crippen molar-refractivity contribution in [3.63, 3.8) is 0 Å². The predicted molar refractivity (Wildman–Crippen MR) is 122 cm³/mol. The lowest BCUT2D eigenvalue weighted by Gasteiger charge is -2.07. The van der Waals surface area contributed by atoms with Crippen LogP contribution in [0.4, 0.5) is 0 Å². The average Bonchev–Trinajstić information content (AvgIpc) is 3.13. The molecule has 0 N–H and O–H groups in total. The third kappa shape index (κ3) is 3.80. The topological polar surface area (TPSA) is 94.8 Å². The van der Waals surface area contributed by atoms with Gasteiger partial charge in [0.05, 0.1) is 20.7 Å². The van der Waals surface area contributed by atoms with Crippen molar-refractivity contribution in [1.82, 2.24) is 18.9 Å². The van der Waals surface area contributed by atoms with E-state index in [0.717, 1.165) is 9.54 Å². The lowest BCUT2D eigenvalue weighted by Crippen LogP contribution is -2.12. The maximum Gasteiger partial charge on any atom is 0.269 e. The van der Waals surface area contributed by atoms with Crippen LogP contribution in [0, 0.1) is 6.92 Å². The standard InChI is InChI=1S/C21H17ClN4O3S2/c1-4-14-10-23-19(25-21(14)30(3)27)18-12-26(20-17(18)9-15(22)11-24-20)31(28,29)16-7-5-13(2)6-8-16/h4-12H,1H2,2-3H3. The second-order valence-corrected chi connectivity index (χ2v) is 10.3. The lowest BCUT2D eigenvalue weighted by atomic mass is 10.2. The first-order valence-electron chi connectivity index (χ1n) is 9.04. The molecule has 1 unspecified atom stereocenters. The highest BCUT2D eigenvalue weighted by atomic mass is 35.5. The number of rotatable bonds is 5. The molecule has 1 aromatic carbocycles. The van der Waals surface area contributed by atoms with Crippen LogP contribution in [0.5, 0.6) is 0 Å². The quantitative estimate of drug-likeness (QED) is 0.406. The minimum atomic E-state index is -3.94. The van der Waals surface area contributed by atoms with Gasteiger partial charge in [0, 0.05) is 41.4 Å². The highest BCUT2D eigenvalue weighted by Gasteiger charge is 2.24. The molecule has 0 saturated heterocycles. The van der Waals surface area contributed by atoms with E-state index in [4.69, 9.17) is 11.6 Å². The molecule has 7 nitrogen and oxygen atoms in total. The number of nitrogens with zero attached hydrogens (tertiary/aromatic N) is 4. The molecule has 10 heteroatoms. The lowest BCUT2D eigenvalue weighted by molar-refractivity contribution is 0.588. The molecular formula is C21H17ClN4O3S2. The van der Waals surface area contributed by atoms with Crippen LogP contribution in [0.1, 0.15) is 11.1 Å². The van der Waals surface area contributed by atoms with Crippen LogP contribution in [-0.2, 0) is 20.8 Å². The zero-order valence-electron chi connectivity index (χ0n) is 16.6. The van der Waals surface area contributed by atoms with Crippen molar-refractivity contribution >= 4 is 49.5 Å². The number of hydrogen-bond donors (Lipinski definition) is 0. The number of pyridine rings is 1. The van der Waals surface area contributed by atoms with E-state index in [2.05, 4.69) is 21.5 Å². The molecule has 1 atom stereocenters. The molecule has 0 amide bonds. The fraction of sp³-hybridized carbons (Fsp3) is 0.0952. The van der Waals surface area contributed by atoms with E-state index in [-0.39, 0.29) is 16.4 Å². The van der Waals surface area contributed by atoms with Crippen molar-refractivity contribution in [3.8, 4) is 11.4 Å². The Balaban J connectivity index is 2.00. The van der Waals surface area contributed by atoms with Gasteiger partial charge in [0.2, 0.25) is 0 Å². The summed E-state index contributed by atoms with van der Waals surface area (Å²) in [5, 5.41) is 1.10. The second kappa shape index (κ2) is 7.99. The number of aryl methyl sites for hydroxylation is 1. The Hall–Kier alpha value is -2.88. The minimum Gasteiger partial charge on any atom is -0.253 e. The molecule has 0 aliphatic carbocycles. The van der Waals surface area contributed by atoms with Crippen LogP contribution in [0.15, 0.2) is 65.4 Å². The van der Waals surface area contributed by atoms with E-state index >= 15 is 0 Å². The monoisotopic (exact) mass is 472 g/mol. The summed E-state index contributed by atoms with van der Waals surface area (Å²) < 4.78 is 39.9. The van der Waals surface area contributed by atoms with Crippen LogP contribution in [0.25, 0.3) is 28.5 Å². The Labute approximate surface area is 187 Å². The molecule has 0 radical (unpaired) electrons. The summed E-state index contributed by atoms with van der Waals surface area (Å²) in [6, 6.07) is 8.14. The molecule has 31 heavy (non-hydrogen) atoms. The average molecular weight is 473 g/mol. The maximum absolute atomic E-state index is 13.4. The molecule has 0 bridgehead atoms. The smallest absolute Gasteiger partial charge is 0.253 e. The first-order valence-corrected chi connectivity index (χ1v) is 12.4. The maximum atomic E-state index is 13.4. The Bertz CT molecular complexity index is 1460. The van der Waals surface area contributed by atoms with Crippen molar-refractivity contribution < 1.29 is 12.6 Å². The van der Waals surface area contributed by atoms with Crippen LogP contribution < -0.4 is 0 Å². The molecule has 0 fully saturated rings. The van der Waals surface area contributed by atoms with Crippen LogP contribution in [0.3, 0.4) is 0 Å². The number of halogens is 1. The summed E-state index contributed by atoms with van der Waals surface area (Å²) in [5.74, 6) is 0.211. The first-order chi connectivity index (χ1) is 14.7. The normalized spacial score (nSPS) is 12.7. The second-order valence-electron chi connectivity index (χ2n) is 6.79. The Kier molecular flexibility index (Phi) is 5.50. The van der Waals surface area contributed by atoms with Crippen LogP contribution >= 0.6 is 11.6 Å². The van der Waals surface area contributed by atoms with Gasteiger partial charge in [-0.2, -0.15) is 0 Å². The van der Waals surface area contributed by atoms with E-state index in [9.17, 15) is 12.6 Å². The molecule has 0 aliphatic rings. The van der Waals surface area contributed by atoms with Crippen molar-refractivity contribution in [2.45, 2.75) is 16.8 Å². The van der Waals surface area contributed by atoms with E-state index in [0.29, 0.717) is 26.6 Å². The highest BCUT2D eigenvalue weighted by molar-refractivity contribution is 7.90. The summed E-state index contributed by atoms with van der Waals surface area (Å²) in [6.07, 6.45) is 7.31. The molecule has 0 aliphatic heterocycles. The fourth-order valence-electron chi connectivity index (χ4n) is 3.11.